The van der Waals surface area contributed by atoms with Gasteiger partial charge in [-0.05, 0) is 30.3 Å². The molecule has 1 radical (unpaired) electrons. The maximum absolute atomic E-state index is 7.50. The van der Waals surface area contributed by atoms with E-state index in [2.05, 4.69) is 160 Å². The van der Waals surface area contributed by atoms with Gasteiger partial charge in [0.05, 0.1) is 0 Å². The minimum absolute atomic E-state index is 0. The fourth-order valence-electron chi connectivity index (χ4n) is 3.85. The molecule has 4 aromatic rings. The quantitative estimate of drug-likeness (QED) is 0.116. The summed E-state index contributed by atoms with van der Waals surface area (Å²) in [5, 5.41) is 4.19. The Balaban J connectivity index is 0.000000334. The Morgan fingerprint density at radius 1 is 0.595 bits per heavy atom. The van der Waals surface area contributed by atoms with Crippen molar-refractivity contribution >= 4 is 23.8 Å². The Morgan fingerprint density at radius 3 is 1.38 bits per heavy atom. The van der Waals surface area contributed by atoms with Crippen LogP contribution in [0.5, 0.6) is 0 Å². The second-order valence-corrected chi connectivity index (χ2v) is 9.93. The van der Waals surface area contributed by atoms with Gasteiger partial charge < -0.3 is 6.42 Å². The van der Waals surface area contributed by atoms with Crippen LogP contribution in [0, 0.1) is 26.1 Å². The largest absolute Gasteiger partial charge is 0.320 e. The van der Waals surface area contributed by atoms with Gasteiger partial charge in [0.2, 0.25) is 0 Å². The first-order valence-corrected chi connectivity index (χ1v) is 13.0. The van der Waals surface area contributed by atoms with Gasteiger partial charge in [-0.2, -0.15) is 6.42 Å². The van der Waals surface area contributed by atoms with Crippen LogP contribution in [-0.4, -0.2) is 0 Å². The van der Waals surface area contributed by atoms with E-state index in [-0.39, 0.29) is 17.1 Å². The molecule has 0 spiro atoms. The van der Waals surface area contributed by atoms with Crippen LogP contribution in [0.3, 0.4) is 0 Å². The van der Waals surface area contributed by atoms with Crippen LogP contribution in [0.4, 0.5) is 0 Å². The first-order valence-electron chi connectivity index (χ1n) is 11.7. The van der Waals surface area contributed by atoms with Gasteiger partial charge in [0, 0.05) is 17.1 Å². The minimum Gasteiger partial charge on any atom is -0.320 e. The van der Waals surface area contributed by atoms with Gasteiger partial charge in [0.1, 0.15) is 0 Å². The van der Waals surface area contributed by atoms with Gasteiger partial charge in [0.25, 0.3) is 0 Å². The standard InChI is InChI=1S/C18H15P.C13H14.2CO.Fe/c1-4-10-16(11-5-1)19(17-12-6-2-7-13-17)18-14-8-3-9-15-18;1-2-5-9-12(8-4-1)13-10-6-3-7-11-13;2*1-2;/h1-15H;1,3-4,6-12H,2,5H2;;;/q;-1;;;/t;12-;;;/m.0.../s1. The molecular formula is C33H29FeO2P-. The van der Waals surface area contributed by atoms with Crippen LogP contribution >= 0.6 is 7.92 Å². The number of hydrogen-bond acceptors (Lipinski definition) is 0. The summed E-state index contributed by atoms with van der Waals surface area (Å²) in [6.07, 6.45) is 11.4. The molecule has 4 heteroatoms. The average Bonchev–Trinajstić information content (AvgIpc) is 3.28. The van der Waals surface area contributed by atoms with Crippen LogP contribution in [0.2, 0.25) is 0 Å². The van der Waals surface area contributed by atoms with Crippen LogP contribution in [0.15, 0.2) is 133 Å². The van der Waals surface area contributed by atoms with E-state index in [1.165, 1.54) is 34.3 Å². The van der Waals surface area contributed by atoms with E-state index >= 15 is 0 Å². The molecule has 1 aliphatic carbocycles. The monoisotopic (exact) mass is 544 g/mol. The van der Waals surface area contributed by atoms with Gasteiger partial charge >= 0.3 is 22.6 Å². The number of rotatable bonds is 4. The summed E-state index contributed by atoms with van der Waals surface area (Å²) in [4.78, 5) is 0. The van der Waals surface area contributed by atoms with E-state index in [1.54, 1.807) is 0 Å². The molecule has 0 heterocycles. The summed E-state index contributed by atoms with van der Waals surface area (Å²) in [5.74, 6) is 0.514. The Morgan fingerprint density at radius 2 is 0.973 bits per heavy atom. The summed E-state index contributed by atoms with van der Waals surface area (Å²) >= 11 is 0. The smallest absolute Gasteiger partial charge is 0 e. The molecule has 5 rings (SSSR count). The molecular weight excluding hydrogens is 515 g/mol. The third kappa shape index (κ3) is 10.9. The van der Waals surface area contributed by atoms with Gasteiger partial charge in [-0.25, -0.2) is 0 Å². The maximum Gasteiger partial charge on any atom is 0 e. The Bertz CT molecular complexity index is 1060. The number of hydrogen-bond donors (Lipinski definition) is 0. The van der Waals surface area contributed by atoms with Crippen molar-refractivity contribution in [3.63, 3.8) is 0 Å². The molecule has 37 heavy (non-hydrogen) atoms. The summed E-state index contributed by atoms with van der Waals surface area (Å²) in [6.45, 7) is 9.00. The molecule has 2 nitrogen and oxygen atoms in total. The maximum atomic E-state index is 7.50. The molecule has 4 aromatic carbocycles. The normalized spacial score (nSPS) is 13.5. The summed E-state index contributed by atoms with van der Waals surface area (Å²) in [6, 6.07) is 43.0. The molecule has 0 fully saturated rings. The summed E-state index contributed by atoms with van der Waals surface area (Å²) < 4.78 is 15.0. The van der Waals surface area contributed by atoms with Gasteiger partial charge in [-0.15, -0.1) is 5.92 Å². The van der Waals surface area contributed by atoms with Gasteiger partial charge in [-0.3, -0.25) is 0 Å². The first-order chi connectivity index (χ1) is 17.9. The summed E-state index contributed by atoms with van der Waals surface area (Å²) in [7, 11) is -0.446. The van der Waals surface area contributed by atoms with Crippen molar-refractivity contribution in [3.05, 3.63) is 165 Å². The minimum atomic E-state index is -0.446. The summed E-state index contributed by atoms with van der Waals surface area (Å²) in [5.41, 5.74) is 1.40. The van der Waals surface area contributed by atoms with Gasteiger partial charge in [-0.1, -0.05) is 145 Å². The Hall–Kier alpha value is -2.95. The second-order valence-electron chi connectivity index (χ2n) is 7.71. The zero-order valence-electron chi connectivity index (χ0n) is 20.5. The van der Waals surface area contributed by atoms with E-state index in [1.807, 2.05) is 0 Å². The zero-order valence-corrected chi connectivity index (χ0v) is 22.5. The Kier molecular flexibility index (Phi) is 17.5. The van der Waals surface area contributed by atoms with Crippen molar-refractivity contribution in [3.8, 4) is 0 Å². The molecule has 1 aliphatic rings. The fraction of sp³-hybridized carbons (Fsp3) is 0.0909. The van der Waals surface area contributed by atoms with Crippen molar-refractivity contribution in [2.24, 2.45) is 0 Å². The van der Waals surface area contributed by atoms with Crippen molar-refractivity contribution < 1.29 is 26.4 Å². The van der Waals surface area contributed by atoms with Gasteiger partial charge in [0.15, 0.2) is 0 Å². The molecule has 0 saturated carbocycles. The van der Waals surface area contributed by atoms with Crippen LogP contribution in [-0.2, 0) is 26.4 Å². The predicted molar refractivity (Wildman–Crippen MR) is 149 cm³/mol. The number of benzene rings is 4. The molecule has 0 N–H and O–H groups in total. The van der Waals surface area contributed by atoms with Crippen molar-refractivity contribution in [2.45, 2.75) is 18.8 Å². The molecule has 0 aliphatic heterocycles. The second kappa shape index (κ2) is 20.1. The van der Waals surface area contributed by atoms with E-state index in [4.69, 9.17) is 9.30 Å². The molecule has 0 aromatic heterocycles. The topological polar surface area (TPSA) is 39.8 Å². The van der Waals surface area contributed by atoms with Crippen molar-refractivity contribution in [2.75, 3.05) is 0 Å². The van der Waals surface area contributed by atoms with Crippen molar-refractivity contribution in [1.82, 2.24) is 0 Å². The zero-order chi connectivity index (χ0) is 25.8. The first kappa shape index (κ1) is 32.1. The van der Waals surface area contributed by atoms with E-state index in [0.717, 1.165) is 0 Å². The van der Waals surface area contributed by atoms with Crippen LogP contribution in [0.25, 0.3) is 0 Å². The van der Waals surface area contributed by atoms with Crippen LogP contribution in [0.1, 0.15) is 24.3 Å². The molecule has 0 bridgehead atoms. The fourth-order valence-corrected chi connectivity index (χ4v) is 6.15. The van der Waals surface area contributed by atoms with Crippen molar-refractivity contribution in [1.29, 1.82) is 0 Å². The third-order valence-electron chi connectivity index (χ3n) is 5.44. The van der Waals surface area contributed by atoms with E-state index in [0.29, 0.717) is 5.92 Å². The average molecular weight is 544 g/mol. The number of allylic oxidation sites excluding steroid dienone is 2. The molecule has 0 saturated heterocycles. The molecule has 0 unspecified atom stereocenters. The predicted octanol–water partition coefficient (Wildman–Crippen LogP) is 6.90. The van der Waals surface area contributed by atoms with E-state index < -0.39 is 7.92 Å². The molecule has 0 amide bonds. The molecule has 187 valence electrons. The van der Waals surface area contributed by atoms with Crippen LogP contribution < -0.4 is 15.9 Å². The Labute approximate surface area is 233 Å². The SMILES string of the molecule is [C-]#[O+].[C-]#[O+].[CH]1C=CCC[CH-][C@H]1c1ccccc1.[Fe].c1ccc(P(c2ccccc2)c2ccccc2)cc1. The van der Waals surface area contributed by atoms with E-state index in [9.17, 15) is 0 Å². The molecule has 1 atom stereocenters. The third-order valence-corrected chi connectivity index (χ3v) is 7.88.